The van der Waals surface area contributed by atoms with Gasteiger partial charge in [0.05, 0.1) is 0 Å². The average molecular weight is 379 g/mol. The summed E-state index contributed by atoms with van der Waals surface area (Å²) >= 11 is 0. The van der Waals surface area contributed by atoms with E-state index in [2.05, 4.69) is 44.2 Å². The summed E-state index contributed by atoms with van der Waals surface area (Å²) in [5.41, 5.74) is 5.26. The molecule has 27 heavy (non-hydrogen) atoms. The molecule has 0 aliphatic heterocycles. The van der Waals surface area contributed by atoms with Gasteiger partial charge in [0.15, 0.2) is 0 Å². The van der Waals surface area contributed by atoms with E-state index < -0.39 is 0 Å². The van der Waals surface area contributed by atoms with Gasteiger partial charge in [-0.3, -0.25) is 0 Å². The van der Waals surface area contributed by atoms with Crippen molar-refractivity contribution in [2.75, 3.05) is 0 Å². The number of hydrogen-bond acceptors (Lipinski definition) is 0. The second-order valence-electron chi connectivity index (χ2n) is 7.71. The Kier molecular flexibility index (Phi) is 7.46. The minimum absolute atomic E-state index is 0.0936. The van der Waals surface area contributed by atoms with Gasteiger partial charge in [0.2, 0.25) is 0 Å². The molecule has 0 bridgehead atoms. The van der Waals surface area contributed by atoms with Gasteiger partial charge < -0.3 is 0 Å². The van der Waals surface area contributed by atoms with Crippen molar-refractivity contribution in [1.29, 1.82) is 0 Å². The Balaban J connectivity index is 1.63. The van der Waals surface area contributed by atoms with Crippen LogP contribution in [0.2, 0.25) is 11.6 Å². The molecule has 1 fully saturated rings. The highest BCUT2D eigenvalue weighted by Gasteiger charge is 2.22. The third kappa shape index (κ3) is 5.65. The van der Waals surface area contributed by atoms with Crippen LogP contribution in [0, 0.1) is 5.82 Å². The Bertz CT molecular complexity index is 739. The summed E-state index contributed by atoms with van der Waals surface area (Å²) in [5, 5.41) is 0. The Morgan fingerprint density at radius 1 is 0.963 bits per heavy atom. The minimum Gasteiger partial charge on any atom is -0.206 e. The molecule has 0 N–H and O–H groups in total. The molecule has 0 heterocycles. The zero-order chi connectivity index (χ0) is 19.1. The topological polar surface area (TPSA) is 0 Å². The summed E-state index contributed by atoms with van der Waals surface area (Å²) in [6.07, 6.45) is 11.2. The summed E-state index contributed by atoms with van der Waals surface area (Å²) in [6.45, 7) is 4.48. The van der Waals surface area contributed by atoms with Crippen LogP contribution >= 0.6 is 0 Å². The zero-order valence-electron chi connectivity index (χ0n) is 16.7. The highest BCUT2D eigenvalue weighted by Crippen LogP contribution is 2.38. The first-order valence-electron chi connectivity index (χ1n) is 10.5. The lowest BCUT2D eigenvalue weighted by Gasteiger charge is -2.28. The van der Waals surface area contributed by atoms with Gasteiger partial charge in [-0.2, -0.15) is 0 Å². The number of hydrogen-bond donors (Lipinski definition) is 0. The molecule has 0 aromatic heterocycles. The third-order valence-electron chi connectivity index (χ3n) is 5.69. The van der Waals surface area contributed by atoms with Gasteiger partial charge in [-0.1, -0.05) is 87.7 Å². The summed E-state index contributed by atoms with van der Waals surface area (Å²) in [5.74, 6) is 0.449. The molecule has 0 nitrogen and oxygen atoms in total. The number of aryl methyl sites for hydroxylation is 1. The maximum Gasteiger partial charge on any atom is 0.130 e. The predicted molar refractivity (Wildman–Crippen MR) is 117 cm³/mol. The van der Waals surface area contributed by atoms with Gasteiger partial charge in [-0.25, -0.2) is 4.39 Å². The van der Waals surface area contributed by atoms with E-state index >= 15 is 0 Å². The van der Waals surface area contributed by atoms with Gasteiger partial charge in [0.1, 0.15) is 5.82 Å². The monoisotopic (exact) mass is 378 g/mol. The van der Waals surface area contributed by atoms with Gasteiger partial charge >= 0.3 is 0 Å². The first-order chi connectivity index (χ1) is 13.2. The van der Waals surface area contributed by atoms with Crippen LogP contribution in [-0.2, 0) is 6.42 Å². The highest BCUT2D eigenvalue weighted by molar-refractivity contribution is 6.37. The zero-order valence-corrected chi connectivity index (χ0v) is 17.7. The number of halogens is 1. The lowest BCUT2D eigenvalue weighted by atomic mass is 9.83. The van der Waals surface area contributed by atoms with E-state index in [4.69, 9.17) is 0 Å². The SMILES string of the molecule is CCCc1ccc(/C=C/c2ccc(C3CCC([Si]CC)CC3)cc2F)cc1. The molecule has 2 radical (unpaired) electrons. The Morgan fingerprint density at radius 2 is 1.70 bits per heavy atom. The largest absolute Gasteiger partial charge is 0.206 e. The van der Waals surface area contributed by atoms with E-state index in [9.17, 15) is 4.39 Å². The fourth-order valence-corrected chi connectivity index (χ4v) is 5.44. The minimum atomic E-state index is -0.0936. The van der Waals surface area contributed by atoms with E-state index in [1.807, 2.05) is 18.2 Å². The van der Waals surface area contributed by atoms with Gasteiger partial charge in [0, 0.05) is 15.1 Å². The normalized spacial score (nSPS) is 20.3. The quantitative estimate of drug-likeness (QED) is 0.345. The molecule has 3 rings (SSSR count). The van der Waals surface area contributed by atoms with E-state index in [1.165, 1.54) is 42.9 Å². The van der Waals surface area contributed by atoms with E-state index in [1.54, 1.807) is 6.07 Å². The van der Waals surface area contributed by atoms with Crippen molar-refractivity contribution in [1.82, 2.24) is 0 Å². The second kappa shape index (κ2) is 10.0. The van der Waals surface area contributed by atoms with Crippen molar-refractivity contribution in [3.63, 3.8) is 0 Å². The molecule has 0 spiro atoms. The molecule has 142 valence electrons. The van der Waals surface area contributed by atoms with Crippen molar-refractivity contribution < 1.29 is 4.39 Å². The smallest absolute Gasteiger partial charge is 0.130 e. The van der Waals surface area contributed by atoms with Crippen LogP contribution in [0.1, 0.15) is 74.1 Å². The molecular formula is C25H31FSi. The van der Waals surface area contributed by atoms with Crippen LogP contribution in [0.25, 0.3) is 12.2 Å². The van der Waals surface area contributed by atoms with Crippen molar-refractivity contribution in [2.24, 2.45) is 0 Å². The summed E-state index contributed by atoms with van der Waals surface area (Å²) in [4.78, 5) is 0. The van der Waals surface area contributed by atoms with Crippen LogP contribution in [0.15, 0.2) is 42.5 Å². The molecule has 1 aliphatic carbocycles. The Labute approximate surface area is 166 Å². The maximum absolute atomic E-state index is 14.6. The van der Waals surface area contributed by atoms with E-state index in [-0.39, 0.29) is 5.82 Å². The molecule has 0 unspecified atom stereocenters. The fourth-order valence-electron chi connectivity index (χ4n) is 4.12. The third-order valence-corrected chi connectivity index (χ3v) is 7.25. The van der Waals surface area contributed by atoms with E-state index in [0.717, 1.165) is 33.5 Å². The predicted octanol–water partition coefficient (Wildman–Crippen LogP) is 7.54. The lowest BCUT2D eigenvalue weighted by molar-refractivity contribution is 0.439. The molecule has 0 atom stereocenters. The molecule has 0 amide bonds. The maximum atomic E-state index is 14.6. The van der Waals surface area contributed by atoms with Crippen LogP contribution in [0.5, 0.6) is 0 Å². The van der Waals surface area contributed by atoms with Gasteiger partial charge in [0.25, 0.3) is 0 Å². The first kappa shape index (κ1) is 20.1. The Hall–Kier alpha value is -1.67. The second-order valence-corrected chi connectivity index (χ2v) is 9.64. The standard InChI is InChI=1S/C25H31FSi/c1-3-5-19-6-8-20(9-7-19)10-11-22-12-13-23(18-25(22)26)21-14-16-24(17-15-21)27-4-2/h6-13,18,21,24H,3-5,14-17H2,1-2H3/b11-10+. The van der Waals surface area contributed by atoms with E-state index in [0.29, 0.717) is 11.5 Å². The molecule has 2 heteroatoms. The van der Waals surface area contributed by atoms with Crippen molar-refractivity contribution >= 4 is 21.7 Å². The molecule has 0 saturated heterocycles. The van der Waals surface area contributed by atoms with Gasteiger partial charge in [-0.15, -0.1) is 0 Å². The molecule has 2 aromatic carbocycles. The van der Waals surface area contributed by atoms with Crippen LogP contribution in [-0.4, -0.2) is 9.52 Å². The lowest BCUT2D eigenvalue weighted by Crippen LogP contribution is -2.13. The van der Waals surface area contributed by atoms with Crippen LogP contribution in [0.3, 0.4) is 0 Å². The Morgan fingerprint density at radius 3 is 2.33 bits per heavy atom. The van der Waals surface area contributed by atoms with Crippen molar-refractivity contribution in [3.05, 3.63) is 70.5 Å². The van der Waals surface area contributed by atoms with Gasteiger partial charge in [-0.05, 0) is 53.5 Å². The number of rotatable bonds is 7. The van der Waals surface area contributed by atoms with Crippen molar-refractivity contribution in [3.8, 4) is 0 Å². The summed E-state index contributed by atoms with van der Waals surface area (Å²) < 4.78 is 14.6. The van der Waals surface area contributed by atoms with Crippen LogP contribution in [0.4, 0.5) is 4.39 Å². The van der Waals surface area contributed by atoms with Crippen LogP contribution < -0.4 is 0 Å². The summed E-state index contributed by atoms with van der Waals surface area (Å²) in [7, 11) is 1.11. The number of benzene rings is 2. The van der Waals surface area contributed by atoms with Crippen molar-refractivity contribution in [2.45, 2.75) is 69.9 Å². The fraction of sp³-hybridized carbons (Fsp3) is 0.440. The molecule has 2 aromatic rings. The highest BCUT2D eigenvalue weighted by atomic mass is 28.2. The molecule has 1 aliphatic rings. The summed E-state index contributed by atoms with van der Waals surface area (Å²) in [6, 6.07) is 15.7. The molecular weight excluding hydrogens is 347 g/mol. The first-order valence-corrected chi connectivity index (χ1v) is 11.8. The molecule has 1 saturated carbocycles. The average Bonchev–Trinajstić information content (AvgIpc) is 2.69.